The van der Waals surface area contributed by atoms with Crippen LogP contribution in [0.25, 0.3) is 0 Å². The topological polar surface area (TPSA) is 49.8 Å². The van der Waals surface area contributed by atoms with Crippen LogP contribution in [-0.4, -0.2) is 49.3 Å². The van der Waals surface area contributed by atoms with E-state index < -0.39 is 6.10 Å². The third-order valence-corrected chi connectivity index (χ3v) is 2.51. The molecular weight excluding hydrogens is 194 g/mol. The van der Waals surface area contributed by atoms with E-state index in [0.29, 0.717) is 6.54 Å². The highest BCUT2D eigenvalue weighted by Crippen LogP contribution is 2.19. The summed E-state index contributed by atoms with van der Waals surface area (Å²) in [5, 5.41) is 9.47. The van der Waals surface area contributed by atoms with Crippen molar-refractivity contribution in [1.82, 2.24) is 4.90 Å². The average molecular weight is 213 g/mol. The number of methoxy groups -OCH3 is 1. The van der Waals surface area contributed by atoms with Gasteiger partial charge in [0.1, 0.15) is 0 Å². The highest BCUT2D eigenvalue weighted by atomic mass is 16.5. The number of rotatable bonds is 5. The first-order valence-corrected chi connectivity index (χ1v) is 5.26. The van der Waals surface area contributed by atoms with Gasteiger partial charge in [-0.15, -0.1) is 0 Å². The number of aliphatic hydroxyl groups excluding tert-OH is 1. The van der Waals surface area contributed by atoms with Gasteiger partial charge in [0, 0.05) is 26.3 Å². The molecule has 4 nitrogen and oxygen atoms in total. The van der Waals surface area contributed by atoms with Gasteiger partial charge >= 0.3 is 0 Å². The fourth-order valence-corrected chi connectivity index (χ4v) is 1.75. The molecule has 1 N–H and O–H groups in total. The molecule has 1 rings (SSSR count). The first-order chi connectivity index (χ1) is 7.15. The molecular formula is C11H19NO3. The van der Waals surface area contributed by atoms with Gasteiger partial charge in [-0.3, -0.25) is 4.79 Å². The Kier molecular flexibility index (Phi) is 4.78. The van der Waals surface area contributed by atoms with Gasteiger partial charge in [0.05, 0.1) is 12.7 Å². The van der Waals surface area contributed by atoms with Crippen LogP contribution in [-0.2, 0) is 9.53 Å². The Balaban J connectivity index is 2.38. The lowest BCUT2D eigenvalue weighted by Crippen LogP contribution is -2.36. The molecule has 0 aromatic rings. The van der Waals surface area contributed by atoms with Gasteiger partial charge in [-0.25, -0.2) is 0 Å². The molecule has 1 aliphatic carbocycles. The molecule has 15 heavy (non-hydrogen) atoms. The van der Waals surface area contributed by atoms with Gasteiger partial charge in [0.25, 0.3) is 0 Å². The van der Waals surface area contributed by atoms with Crippen molar-refractivity contribution in [3.8, 4) is 0 Å². The van der Waals surface area contributed by atoms with E-state index in [9.17, 15) is 9.90 Å². The van der Waals surface area contributed by atoms with Crippen molar-refractivity contribution >= 4 is 5.91 Å². The number of hydrogen-bond donors (Lipinski definition) is 1. The third kappa shape index (κ3) is 3.64. The number of aliphatic hydroxyl groups is 1. The molecule has 0 heterocycles. The summed E-state index contributed by atoms with van der Waals surface area (Å²) in [6, 6.07) is 0. The number of amides is 1. The zero-order chi connectivity index (χ0) is 11.3. The van der Waals surface area contributed by atoms with E-state index in [1.807, 2.05) is 6.08 Å². The lowest BCUT2D eigenvalue weighted by atomic mass is 10.2. The molecule has 0 saturated heterocycles. The predicted molar refractivity (Wildman–Crippen MR) is 57.5 cm³/mol. The molecule has 0 radical (unpaired) electrons. The Hall–Kier alpha value is -0.870. The number of allylic oxidation sites excluding steroid dienone is 1. The Bertz CT molecular complexity index is 250. The molecule has 86 valence electrons. The number of nitrogens with zero attached hydrogens (tertiary/aromatic N) is 1. The van der Waals surface area contributed by atoms with E-state index in [4.69, 9.17) is 4.74 Å². The van der Waals surface area contributed by atoms with Crippen LogP contribution >= 0.6 is 0 Å². The summed E-state index contributed by atoms with van der Waals surface area (Å²) in [6.07, 6.45) is 4.31. The lowest BCUT2D eigenvalue weighted by Gasteiger charge is -2.20. The van der Waals surface area contributed by atoms with Gasteiger partial charge in [0.2, 0.25) is 5.91 Å². The molecule has 0 aromatic heterocycles. The average Bonchev–Trinajstić information content (AvgIpc) is 2.69. The quantitative estimate of drug-likeness (QED) is 0.726. The Morgan fingerprint density at radius 1 is 1.73 bits per heavy atom. The zero-order valence-electron chi connectivity index (χ0n) is 9.40. The SMILES string of the molecule is COCC(O)CN(C)C(=O)C1=CCCC1. The van der Waals surface area contributed by atoms with E-state index in [1.54, 1.807) is 11.9 Å². The van der Waals surface area contributed by atoms with Gasteiger partial charge in [-0.2, -0.15) is 0 Å². The standard InChI is InChI=1S/C11H19NO3/c1-12(7-10(13)8-15-2)11(14)9-5-3-4-6-9/h5,10,13H,3-4,6-8H2,1-2H3. The van der Waals surface area contributed by atoms with Crippen LogP contribution in [0.15, 0.2) is 11.6 Å². The molecule has 0 spiro atoms. The largest absolute Gasteiger partial charge is 0.389 e. The normalized spacial score (nSPS) is 17.4. The van der Waals surface area contributed by atoms with Crippen LogP contribution in [0, 0.1) is 0 Å². The van der Waals surface area contributed by atoms with Crippen molar-refractivity contribution < 1.29 is 14.6 Å². The first kappa shape index (κ1) is 12.2. The van der Waals surface area contributed by atoms with Crippen molar-refractivity contribution in [1.29, 1.82) is 0 Å². The molecule has 4 heteroatoms. The van der Waals surface area contributed by atoms with Gasteiger partial charge in [0.15, 0.2) is 0 Å². The summed E-state index contributed by atoms with van der Waals surface area (Å²) in [4.78, 5) is 13.3. The maximum absolute atomic E-state index is 11.8. The molecule has 1 unspecified atom stereocenters. The third-order valence-electron chi connectivity index (χ3n) is 2.51. The highest BCUT2D eigenvalue weighted by molar-refractivity contribution is 5.93. The van der Waals surface area contributed by atoms with Crippen LogP contribution in [0.5, 0.6) is 0 Å². The number of hydrogen-bond acceptors (Lipinski definition) is 3. The van der Waals surface area contributed by atoms with E-state index in [-0.39, 0.29) is 12.5 Å². The zero-order valence-corrected chi connectivity index (χ0v) is 9.40. The smallest absolute Gasteiger partial charge is 0.249 e. The van der Waals surface area contributed by atoms with E-state index in [2.05, 4.69) is 0 Å². The fraction of sp³-hybridized carbons (Fsp3) is 0.727. The predicted octanol–water partition coefficient (Wildman–Crippen LogP) is 0.562. The van der Waals surface area contributed by atoms with Crippen LogP contribution in [0.2, 0.25) is 0 Å². The molecule has 0 saturated carbocycles. The van der Waals surface area contributed by atoms with Crippen molar-refractivity contribution in [3.05, 3.63) is 11.6 Å². The van der Waals surface area contributed by atoms with Crippen molar-refractivity contribution in [2.45, 2.75) is 25.4 Å². The minimum absolute atomic E-state index is 0.0302. The van der Waals surface area contributed by atoms with Crippen LogP contribution in [0.3, 0.4) is 0 Å². The Morgan fingerprint density at radius 2 is 2.47 bits per heavy atom. The van der Waals surface area contributed by atoms with Crippen molar-refractivity contribution in [2.75, 3.05) is 27.3 Å². The lowest BCUT2D eigenvalue weighted by molar-refractivity contribution is -0.127. The molecule has 0 bridgehead atoms. The minimum Gasteiger partial charge on any atom is -0.389 e. The molecule has 1 aliphatic rings. The molecule has 0 aromatic carbocycles. The Morgan fingerprint density at radius 3 is 3.00 bits per heavy atom. The monoisotopic (exact) mass is 213 g/mol. The summed E-state index contributed by atoms with van der Waals surface area (Å²) in [5.74, 6) is 0.0302. The van der Waals surface area contributed by atoms with Crippen LogP contribution < -0.4 is 0 Å². The summed E-state index contributed by atoms with van der Waals surface area (Å²) >= 11 is 0. The maximum Gasteiger partial charge on any atom is 0.249 e. The Labute approximate surface area is 90.5 Å². The fourth-order valence-electron chi connectivity index (χ4n) is 1.75. The number of ether oxygens (including phenoxy) is 1. The van der Waals surface area contributed by atoms with Gasteiger partial charge in [-0.1, -0.05) is 6.08 Å². The summed E-state index contributed by atoms with van der Waals surface area (Å²) in [6.45, 7) is 0.584. The number of likely N-dealkylation sites (N-methyl/N-ethyl adjacent to an activating group) is 1. The van der Waals surface area contributed by atoms with Crippen molar-refractivity contribution in [3.63, 3.8) is 0 Å². The second-order valence-corrected chi connectivity index (χ2v) is 3.92. The molecule has 0 aliphatic heterocycles. The molecule has 1 amide bonds. The van der Waals surface area contributed by atoms with E-state index in [1.165, 1.54) is 7.11 Å². The number of carbonyl (C=O) groups excluding carboxylic acids is 1. The van der Waals surface area contributed by atoms with Crippen LogP contribution in [0.1, 0.15) is 19.3 Å². The minimum atomic E-state index is -0.606. The van der Waals surface area contributed by atoms with Crippen LogP contribution in [0.4, 0.5) is 0 Å². The summed E-state index contributed by atoms with van der Waals surface area (Å²) in [7, 11) is 3.24. The highest BCUT2D eigenvalue weighted by Gasteiger charge is 2.19. The second-order valence-electron chi connectivity index (χ2n) is 3.92. The molecule has 1 atom stereocenters. The first-order valence-electron chi connectivity index (χ1n) is 5.26. The van der Waals surface area contributed by atoms with Gasteiger partial charge in [-0.05, 0) is 19.3 Å². The maximum atomic E-state index is 11.8. The summed E-state index contributed by atoms with van der Waals surface area (Å²) < 4.78 is 4.81. The van der Waals surface area contributed by atoms with E-state index in [0.717, 1.165) is 24.8 Å². The number of carbonyl (C=O) groups is 1. The van der Waals surface area contributed by atoms with E-state index >= 15 is 0 Å². The summed E-state index contributed by atoms with van der Waals surface area (Å²) in [5.41, 5.74) is 0.877. The second kappa shape index (κ2) is 5.88. The van der Waals surface area contributed by atoms with Crippen molar-refractivity contribution in [2.24, 2.45) is 0 Å². The molecule has 0 fully saturated rings. The van der Waals surface area contributed by atoms with Gasteiger partial charge < -0.3 is 14.7 Å².